The monoisotopic (exact) mass is 286 g/mol. The first-order chi connectivity index (χ1) is 9.58. The summed E-state index contributed by atoms with van der Waals surface area (Å²) in [4.78, 5) is 10.3. The van der Waals surface area contributed by atoms with Gasteiger partial charge in [0.2, 0.25) is 0 Å². The molecule has 0 bridgehead atoms. The maximum absolute atomic E-state index is 6.07. The first-order valence-electron chi connectivity index (χ1n) is 6.70. The molecule has 2 N–H and O–H groups in total. The molecule has 0 aliphatic heterocycles. The lowest BCUT2D eigenvalue weighted by Crippen LogP contribution is -2.05. The molecule has 0 spiro atoms. The molecule has 3 heterocycles. The lowest BCUT2D eigenvalue weighted by Gasteiger charge is -2.07. The van der Waals surface area contributed by atoms with Crippen LogP contribution in [0.3, 0.4) is 0 Å². The average Bonchev–Trinajstić information content (AvgIpc) is 2.97. The summed E-state index contributed by atoms with van der Waals surface area (Å²) in [5.74, 6) is 1.31. The summed E-state index contributed by atoms with van der Waals surface area (Å²) in [7, 11) is 0. The van der Waals surface area contributed by atoms with Crippen molar-refractivity contribution in [3.8, 4) is 0 Å². The summed E-state index contributed by atoms with van der Waals surface area (Å²) in [6, 6.07) is 4.27. The van der Waals surface area contributed by atoms with Crippen LogP contribution in [-0.4, -0.2) is 14.5 Å². The molecule has 5 heteroatoms. The van der Waals surface area contributed by atoms with E-state index in [4.69, 9.17) is 5.73 Å². The van der Waals surface area contributed by atoms with E-state index in [2.05, 4.69) is 45.9 Å². The third-order valence-electron chi connectivity index (χ3n) is 3.77. The molecule has 20 heavy (non-hydrogen) atoms. The van der Waals surface area contributed by atoms with Gasteiger partial charge in [-0.1, -0.05) is 6.07 Å². The minimum absolute atomic E-state index is 0.586. The van der Waals surface area contributed by atoms with Gasteiger partial charge in [0, 0.05) is 17.1 Å². The van der Waals surface area contributed by atoms with Gasteiger partial charge in [-0.15, -0.1) is 11.3 Å². The van der Waals surface area contributed by atoms with E-state index in [0.29, 0.717) is 5.82 Å². The van der Waals surface area contributed by atoms with Crippen LogP contribution in [0.2, 0.25) is 0 Å². The molecule has 0 fully saturated rings. The van der Waals surface area contributed by atoms with Crippen molar-refractivity contribution in [1.82, 2.24) is 14.5 Å². The maximum Gasteiger partial charge on any atom is 0.146 e. The number of thiophene rings is 1. The number of hydrogen-bond donors (Lipinski definition) is 1. The standard InChI is InChI=1S/C15H18N4S/c1-9-10(2)19(7-6-12-5-4-8-20-12)15-13(9)14(16)17-11(3)18-15/h4-5,8H,6-7H2,1-3H3,(H2,16,17,18). The van der Waals surface area contributed by atoms with E-state index < -0.39 is 0 Å². The molecule has 3 aromatic rings. The zero-order valence-corrected chi connectivity index (χ0v) is 12.8. The van der Waals surface area contributed by atoms with Crippen molar-refractivity contribution in [2.24, 2.45) is 0 Å². The van der Waals surface area contributed by atoms with E-state index in [1.54, 1.807) is 11.3 Å². The minimum Gasteiger partial charge on any atom is -0.383 e. The van der Waals surface area contributed by atoms with Crippen LogP contribution < -0.4 is 5.73 Å². The number of rotatable bonds is 3. The summed E-state index contributed by atoms with van der Waals surface area (Å²) >= 11 is 1.80. The Bertz CT molecular complexity index is 756. The van der Waals surface area contributed by atoms with Gasteiger partial charge in [0.25, 0.3) is 0 Å². The number of hydrogen-bond acceptors (Lipinski definition) is 4. The second-order valence-electron chi connectivity index (χ2n) is 5.05. The van der Waals surface area contributed by atoms with Crippen molar-refractivity contribution in [3.05, 3.63) is 39.5 Å². The molecule has 3 aromatic heterocycles. The number of aromatic nitrogens is 3. The Balaban J connectivity index is 2.07. The third kappa shape index (κ3) is 2.08. The fraction of sp³-hybridized carbons (Fsp3) is 0.333. The molecule has 3 rings (SSSR count). The lowest BCUT2D eigenvalue weighted by molar-refractivity contribution is 0.699. The summed E-state index contributed by atoms with van der Waals surface area (Å²) in [5, 5.41) is 3.12. The van der Waals surface area contributed by atoms with Crippen molar-refractivity contribution >= 4 is 28.2 Å². The molecule has 0 amide bonds. The highest BCUT2D eigenvalue weighted by Gasteiger charge is 2.16. The van der Waals surface area contributed by atoms with Crippen molar-refractivity contribution < 1.29 is 0 Å². The highest BCUT2D eigenvalue weighted by atomic mass is 32.1. The first-order valence-corrected chi connectivity index (χ1v) is 7.57. The predicted octanol–water partition coefficient (Wildman–Crippen LogP) is 3.24. The minimum atomic E-state index is 0.586. The second-order valence-corrected chi connectivity index (χ2v) is 6.08. The molecule has 4 nitrogen and oxygen atoms in total. The number of aryl methyl sites for hydroxylation is 4. The molecule has 0 unspecified atom stereocenters. The zero-order valence-electron chi connectivity index (χ0n) is 12.0. The van der Waals surface area contributed by atoms with Crippen LogP contribution >= 0.6 is 11.3 Å². The van der Waals surface area contributed by atoms with Crippen molar-refractivity contribution in [2.75, 3.05) is 5.73 Å². The number of nitrogens with zero attached hydrogens (tertiary/aromatic N) is 3. The number of nitrogen functional groups attached to an aromatic ring is 1. The highest BCUT2D eigenvalue weighted by molar-refractivity contribution is 7.09. The van der Waals surface area contributed by atoms with Gasteiger partial charge in [-0.3, -0.25) is 0 Å². The molecular formula is C15H18N4S. The Labute approximate surface area is 122 Å². The van der Waals surface area contributed by atoms with Crippen LogP contribution in [0.15, 0.2) is 17.5 Å². The SMILES string of the molecule is Cc1nc(N)c2c(C)c(C)n(CCc3cccs3)c2n1. The van der Waals surface area contributed by atoms with E-state index >= 15 is 0 Å². The van der Waals surface area contributed by atoms with Gasteiger partial charge in [0.15, 0.2) is 0 Å². The van der Waals surface area contributed by atoms with E-state index in [9.17, 15) is 0 Å². The average molecular weight is 286 g/mol. The Kier molecular flexibility index (Phi) is 3.22. The summed E-state index contributed by atoms with van der Waals surface area (Å²) in [5.41, 5.74) is 9.44. The van der Waals surface area contributed by atoms with Crippen LogP contribution in [0, 0.1) is 20.8 Å². The van der Waals surface area contributed by atoms with Crippen LogP contribution in [0.5, 0.6) is 0 Å². The number of fused-ring (bicyclic) bond motifs is 1. The maximum atomic E-state index is 6.07. The summed E-state index contributed by atoms with van der Waals surface area (Å²) in [6.07, 6.45) is 1.02. The van der Waals surface area contributed by atoms with Crippen LogP contribution in [-0.2, 0) is 13.0 Å². The smallest absolute Gasteiger partial charge is 0.146 e. The quantitative estimate of drug-likeness (QED) is 0.804. The number of anilines is 1. The van der Waals surface area contributed by atoms with Gasteiger partial charge >= 0.3 is 0 Å². The van der Waals surface area contributed by atoms with Crippen molar-refractivity contribution in [3.63, 3.8) is 0 Å². The largest absolute Gasteiger partial charge is 0.383 e. The van der Waals surface area contributed by atoms with E-state index in [0.717, 1.165) is 29.8 Å². The highest BCUT2D eigenvalue weighted by Crippen LogP contribution is 2.28. The molecular weight excluding hydrogens is 268 g/mol. The van der Waals surface area contributed by atoms with E-state index in [1.807, 2.05) is 6.92 Å². The van der Waals surface area contributed by atoms with E-state index in [1.165, 1.54) is 16.1 Å². The summed E-state index contributed by atoms with van der Waals surface area (Å²) < 4.78 is 2.26. The summed E-state index contributed by atoms with van der Waals surface area (Å²) in [6.45, 7) is 7.03. The van der Waals surface area contributed by atoms with Gasteiger partial charge < -0.3 is 10.3 Å². The predicted molar refractivity (Wildman–Crippen MR) is 84.2 cm³/mol. The van der Waals surface area contributed by atoms with Crippen LogP contribution in [0.1, 0.15) is 22.0 Å². The number of nitrogens with two attached hydrogens (primary N) is 1. The van der Waals surface area contributed by atoms with Crippen molar-refractivity contribution in [2.45, 2.75) is 33.7 Å². The Morgan fingerprint density at radius 2 is 2.05 bits per heavy atom. The molecule has 0 aromatic carbocycles. The Morgan fingerprint density at radius 3 is 2.75 bits per heavy atom. The zero-order chi connectivity index (χ0) is 14.3. The van der Waals surface area contributed by atoms with Gasteiger partial charge in [-0.2, -0.15) is 0 Å². The molecule has 0 aliphatic carbocycles. The fourth-order valence-corrected chi connectivity index (χ4v) is 3.32. The molecule has 0 saturated heterocycles. The Hall–Kier alpha value is -1.88. The lowest BCUT2D eigenvalue weighted by atomic mass is 10.2. The first kappa shape index (κ1) is 13.1. The van der Waals surface area contributed by atoms with Crippen LogP contribution in [0.4, 0.5) is 5.82 Å². The van der Waals surface area contributed by atoms with E-state index in [-0.39, 0.29) is 0 Å². The molecule has 0 saturated carbocycles. The van der Waals surface area contributed by atoms with Crippen LogP contribution in [0.25, 0.3) is 11.0 Å². The fourth-order valence-electron chi connectivity index (χ4n) is 2.63. The molecule has 104 valence electrons. The van der Waals surface area contributed by atoms with Gasteiger partial charge in [-0.25, -0.2) is 9.97 Å². The normalized spacial score (nSPS) is 11.3. The molecule has 0 radical (unpaired) electrons. The van der Waals surface area contributed by atoms with Gasteiger partial charge in [0.05, 0.1) is 5.39 Å². The second kappa shape index (κ2) is 4.90. The molecule has 0 atom stereocenters. The van der Waals surface area contributed by atoms with Crippen molar-refractivity contribution in [1.29, 1.82) is 0 Å². The van der Waals surface area contributed by atoms with Gasteiger partial charge in [0.1, 0.15) is 17.3 Å². The Morgan fingerprint density at radius 1 is 1.25 bits per heavy atom. The van der Waals surface area contributed by atoms with Gasteiger partial charge in [-0.05, 0) is 44.2 Å². The topological polar surface area (TPSA) is 56.7 Å². The molecule has 0 aliphatic rings. The third-order valence-corrected chi connectivity index (χ3v) is 4.71.